The van der Waals surface area contributed by atoms with E-state index in [1.165, 1.54) is 0 Å². The Morgan fingerprint density at radius 3 is 2.53 bits per heavy atom. The molecule has 1 aliphatic rings. The Morgan fingerprint density at radius 1 is 1.20 bits per heavy atom. The number of ether oxygens (including phenoxy) is 1. The minimum Gasteiger partial charge on any atom is -0.390 e. The van der Waals surface area contributed by atoms with Crippen LogP contribution in [0.15, 0.2) is 42.6 Å². The predicted molar refractivity (Wildman–Crippen MR) is 116 cm³/mol. The van der Waals surface area contributed by atoms with Crippen molar-refractivity contribution in [2.45, 2.75) is 32.4 Å². The van der Waals surface area contributed by atoms with Crippen molar-refractivity contribution in [2.75, 3.05) is 31.2 Å². The number of aryl methyl sites for hydroxylation is 1. The van der Waals surface area contributed by atoms with Gasteiger partial charge in [-0.25, -0.2) is 0 Å². The number of aliphatic hydroxyl groups is 1. The molecule has 8 heteroatoms. The van der Waals surface area contributed by atoms with Gasteiger partial charge in [0.1, 0.15) is 0 Å². The zero-order valence-electron chi connectivity index (χ0n) is 17.2. The van der Waals surface area contributed by atoms with Gasteiger partial charge >= 0.3 is 0 Å². The van der Waals surface area contributed by atoms with Crippen molar-refractivity contribution in [3.05, 3.63) is 52.7 Å². The molecule has 0 aliphatic carbocycles. The molecule has 0 spiro atoms. The van der Waals surface area contributed by atoms with E-state index in [0.29, 0.717) is 42.6 Å². The summed E-state index contributed by atoms with van der Waals surface area (Å²) in [4.78, 5) is 13.6. The molecule has 2 aromatic carbocycles. The topological polar surface area (TPSA) is 93.7 Å². The van der Waals surface area contributed by atoms with Crippen molar-refractivity contribution in [1.82, 2.24) is 9.78 Å². The van der Waals surface area contributed by atoms with Gasteiger partial charge in [-0.1, -0.05) is 12.1 Å². The van der Waals surface area contributed by atoms with Gasteiger partial charge in [0, 0.05) is 43.0 Å². The van der Waals surface area contributed by atoms with Crippen LogP contribution in [0.2, 0.25) is 0 Å². The number of hydrogen-bond donors (Lipinski definition) is 1. The van der Waals surface area contributed by atoms with Gasteiger partial charge in [0.25, 0.3) is 5.69 Å². The molecule has 0 amide bonds. The lowest BCUT2D eigenvalue weighted by Crippen LogP contribution is -2.36. The molecule has 3 aromatic rings. The Hall–Kier alpha value is -2.97. The van der Waals surface area contributed by atoms with Crippen LogP contribution in [0.5, 0.6) is 0 Å². The first-order valence-corrected chi connectivity index (χ1v) is 10.1. The van der Waals surface area contributed by atoms with Crippen molar-refractivity contribution >= 4 is 22.3 Å². The van der Waals surface area contributed by atoms with Gasteiger partial charge in [0.2, 0.25) is 0 Å². The van der Waals surface area contributed by atoms with Gasteiger partial charge in [-0.15, -0.1) is 0 Å². The number of nitro groups is 1. The lowest BCUT2D eigenvalue weighted by atomic mass is 10.0. The lowest BCUT2D eigenvalue weighted by Gasteiger charge is -2.28. The zero-order chi connectivity index (χ0) is 21.3. The van der Waals surface area contributed by atoms with Crippen LogP contribution in [-0.4, -0.2) is 51.7 Å². The molecule has 2 heterocycles. The van der Waals surface area contributed by atoms with E-state index in [4.69, 9.17) is 4.74 Å². The third-order valence-corrected chi connectivity index (χ3v) is 5.37. The Morgan fingerprint density at radius 2 is 1.90 bits per heavy atom. The van der Waals surface area contributed by atoms with E-state index in [-0.39, 0.29) is 10.6 Å². The van der Waals surface area contributed by atoms with Crippen molar-refractivity contribution in [3.8, 4) is 11.1 Å². The van der Waals surface area contributed by atoms with Gasteiger partial charge in [-0.05, 0) is 44.0 Å². The Bertz CT molecular complexity index is 1050. The van der Waals surface area contributed by atoms with E-state index in [1.54, 1.807) is 36.9 Å². The van der Waals surface area contributed by atoms with E-state index in [9.17, 15) is 15.2 Å². The first-order valence-electron chi connectivity index (χ1n) is 10.1. The van der Waals surface area contributed by atoms with Gasteiger partial charge in [-0.2, -0.15) is 5.10 Å². The highest BCUT2D eigenvalue weighted by atomic mass is 16.6. The second kappa shape index (κ2) is 8.04. The van der Waals surface area contributed by atoms with Crippen LogP contribution < -0.4 is 4.90 Å². The fraction of sp³-hybridized carbons (Fsp3) is 0.409. The summed E-state index contributed by atoms with van der Waals surface area (Å²) in [5.74, 6) is 0. The Labute approximate surface area is 174 Å². The molecular formula is C22H26N4O4. The summed E-state index contributed by atoms with van der Waals surface area (Å²) in [5, 5.41) is 26.9. The monoisotopic (exact) mass is 410 g/mol. The largest absolute Gasteiger partial charge is 0.390 e. The summed E-state index contributed by atoms with van der Waals surface area (Å²) in [6.07, 6.45) is 2.33. The van der Waals surface area contributed by atoms with Crippen molar-refractivity contribution in [1.29, 1.82) is 0 Å². The molecule has 0 atom stereocenters. The molecule has 0 radical (unpaired) electrons. The normalized spacial score (nSPS) is 15.0. The Kier molecular flexibility index (Phi) is 5.44. The number of nitro benzene ring substituents is 1. The molecule has 30 heavy (non-hydrogen) atoms. The molecular weight excluding hydrogens is 384 g/mol. The summed E-state index contributed by atoms with van der Waals surface area (Å²) in [6.45, 7) is 7.14. The first-order chi connectivity index (χ1) is 14.3. The third kappa shape index (κ3) is 4.44. The van der Waals surface area contributed by atoms with E-state index in [0.717, 1.165) is 24.3 Å². The number of rotatable bonds is 6. The standard InChI is InChI=1S/C22H26N4O4/c1-22(2,27)7-8-25-15-17-13-21(26(28)29)19(14-20(17)23-25)16-3-5-18(6-4-16)24-9-11-30-12-10-24/h3-6,13-15,27H,7-12H2,1-2H3. The fourth-order valence-corrected chi connectivity index (χ4v) is 3.67. The third-order valence-electron chi connectivity index (χ3n) is 5.37. The second-order valence-corrected chi connectivity index (χ2v) is 8.29. The number of aromatic nitrogens is 2. The highest BCUT2D eigenvalue weighted by Crippen LogP contribution is 2.34. The highest BCUT2D eigenvalue weighted by molar-refractivity contribution is 5.90. The van der Waals surface area contributed by atoms with Crippen LogP contribution in [-0.2, 0) is 11.3 Å². The molecule has 0 unspecified atom stereocenters. The summed E-state index contributed by atoms with van der Waals surface area (Å²) in [7, 11) is 0. The van der Waals surface area contributed by atoms with Gasteiger partial charge in [0.05, 0.1) is 34.8 Å². The number of hydrogen-bond acceptors (Lipinski definition) is 6. The summed E-state index contributed by atoms with van der Waals surface area (Å²) < 4.78 is 7.13. The van der Waals surface area contributed by atoms with E-state index in [1.807, 2.05) is 24.3 Å². The van der Waals surface area contributed by atoms with Crippen LogP contribution in [0.1, 0.15) is 20.3 Å². The quantitative estimate of drug-likeness (QED) is 0.493. The van der Waals surface area contributed by atoms with Crippen molar-refractivity contribution < 1.29 is 14.8 Å². The maximum Gasteiger partial charge on any atom is 0.278 e. The van der Waals surface area contributed by atoms with Gasteiger partial charge < -0.3 is 14.7 Å². The van der Waals surface area contributed by atoms with Gasteiger partial charge in [0.15, 0.2) is 0 Å². The number of benzene rings is 2. The minimum atomic E-state index is -0.794. The number of nitrogens with zero attached hydrogens (tertiary/aromatic N) is 4. The molecule has 158 valence electrons. The Balaban J connectivity index is 1.66. The van der Waals surface area contributed by atoms with Crippen molar-refractivity contribution in [3.63, 3.8) is 0 Å². The summed E-state index contributed by atoms with van der Waals surface area (Å²) >= 11 is 0. The lowest BCUT2D eigenvalue weighted by molar-refractivity contribution is -0.384. The maximum absolute atomic E-state index is 11.7. The van der Waals surface area contributed by atoms with Crippen LogP contribution in [0.3, 0.4) is 0 Å². The summed E-state index contributed by atoms with van der Waals surface area (Å²) in [5.41, 5.74) is 2.38. The van der Waals surface area contributed by atoms with Crippen LogP contribution in [0, 0.1) is 10.1 Å². The van der Waals surface area contributed by atoms with Crippen LogP contribution >= 0.6 is 0 Å². The molecule has 4 rings (SSSR count). The fourth-order valence-electron chi connectivity index (χ4n) is 3.67. The number of anilines is 1. The maximum atomic E-state index is 11.7. The SMILES string of the molecule is CC(C)(O)CCn1cc2cc([N+](=O)[O-])c(-c3ccc(N4CCOCC4)cc3)cc2n1. The zero-order valence-corrected chi connectivity index (χ0v) is 17.2. The number of fused-ring (bicyclic) bond motifs is 1. The molecule has 1 aliphatic heterocycles. The molecule has 0 saturated carbocycles. The van der Waals surface area contributed by atoms with E-state index >= 15 is 0 Å². The molecule has 8 nitrogen and oxygen atoms in total. The summed E-state index contributed by atoms with van der Waals surface area (Å²) in [6, 6.07) is 11.2. The number of morpholine rings is 1. The molecule has 0 bridgehead atoms. The second-order valence-electron chi connectivity index (χ2n) is 8.29. The molecule has 1 saturated heterocycles. The van der Waals surface area contributed by atoms with E-state index < -0.39 is 5.60 Å². The van der Waals surface area contributed by atoms with Crippen molar-refractivity contribution in [2.24, 2.45) is 0 Å². The van der Waals surface area contributed by atoms with Gasteiger partial charge in [-0.3, -0.25) is 14.8 Å². The van der Waals surface area contributed by atoms with Crippen LogP contribution in [0.25, 0.3) is 22.0 Å². The predicted octanol–water partition coefficient (Wildman–Crippen LogP) is 3.61. The highest BCUT2D eigenvalue weighted by Gasteiger charge is 2.20. The average molecular weight is 410 g/mol. The molecule has 1 aromatic heterocycles. The molecule has 1 N–H and O–H groups in total. The van der Waals surface area contributed by atoms with Crippen LogP contribution in [0.4, 0.5) is 11.4 Å². The molecule has 1 fully saturated rings. The van der Waals surface area contributed by atoms with E-state index in [2.05, 4.69) is 10.00 Å². The first kappa shape index (κ1) is 20.3. The smallest absolute Gasteiger partial charge is 0.278 e. The minimum absolute atomic E-state index is 0.0589. The average Bonchev–Trinajstić information content (AvgIpc) is 3.14.